The highest BCUT2D eigenvalue weighted by molar-refractivity contribution is 5.69. The van der Waals surface area contributed by atoms with Gasteiger partial charge in [-0.3, -0.25) is 10.1 Å². The van der Waals surface area contributed by atoms with E-state index in [2.05, 4.69) is 15.0 Å². The third-order valence-electron chi connectivity index (χ3n) is 2.84. The summed E-state index contributed by atoms with van der Waals surface area (Å²) in [7, 11) is 0. The number of nitrogens with zero attached hydrogens (tertiary/aromatic N) is 5. The van der Waals surface area contributed by atoms with Gasteiger partial charge < -0.3 is 5.11 Å². The Hall–Kier alpha value is -2.96. The zero-order valence-corrected chi connectivity index (χ0v) is 10.8. The summed E-state index contributed by atoms with van der Waals surface area (Å²) in [5.74, 6) is 0. The lowest BCUT2D eigenvalue weighted by atomic mass is 10.1. The Bertz CT molecular complexity index is 698. The number of benzene rings is 1. The number of azide groups is 1. The van der Waals surface area contributed by atoms with Crippen LogP contribution < -0.4 is 0 Å². The van der Waals surface area contributed by atoms with Gasteiger partial charge in [-0.05, 0) is 11.6 Å². The van der Waals surface area contributed by atoms with Gasteiger partial charge in [0.1, 0.15) is 11.7 Å². The third kappa shape index (κ3) is 3.14. The number of nitro groups is 1. The molecule has 2 aromatic rings. The molecule has 0 spiro atoms. The molecule has 0 saturated heterocycles. The van der Waals surface area contributed by atoms with Crippen molar-refractivity contribution in [1.82, 2.24) is 4.98 Å². The molecule has 1 unspecified atom stereocenters. The largest absolute Gasteiger partial charge is 0.396 e. The van der Waals surface area contributed by atoms with Crippen LogP contribution >= 0.6 is 0 Å². The summed E-state index contributed by atoms with van der Waals surface area (Å²) in [4.78, 5) is 17.4. The van der Waals surface area contributed by atoms with Crippen molar-refractivity contribution in [2.45, 2.75) is 6.04 Å². The summed E-state index contributed by atoms with van der Waals surface area (Å²) in [5, 5.41) is 23.7. The molecule has 8 nitrogen and oxygen atoms in total. The van der Waals surface area contributed by atoms with Crippen molar-refractivity contribution in [2.75, 3.05) is 6.61 Å². The molecule has 0 aliphatic rings. The van der Waals surface area contributed by atoms with Gasteiger partial charge in [0, 0.05) is 16.5 Å². The number of hydrogen-bond donors (Lipinski definition) is 1. The molecule has 1 N–H and O–H groups in total. The van der Waals surface area contributed by atoms with Gasteiger partial charge in [-0.2, -0.15) is 0 Å². The molecule has 2 rings (SSSR count). The van der Waals surface area contributed by atoms with Crippen molar-refractivity contribution in [1.29, 1.82) is 0 Å². The Morgan fingerprint density at radius 3 is 2.62 bits per heavy atom. The zero-order chi connectivity index (χ0) is 15.2. The molecule has 0 amide bonds. The summed E-state index contributed by atoms with van der Waals surface area (Å²) < 4.78 is 0. The van der Waals surface area contributed by atoms with E-state index >= 15 is 0 Å². The normalized spacial score (nSPS) is 11.5. The van der Waals surface area contributed by atoms with Gasteiger partial charge >= 0.3 is 0 Å². The summed E-state index contributed by atoms with van der Waals surface area (Å²) in [6.45, 7) is -0.427. The average molecular weight is 285 g/mol. The summed E-state index contributed by atoms with van der Waals surface area (Å²) in [6.07, 6.45) is 0. The minimum absolute atomic E-state index is 0.150. The maximum Gasteiger partial charge on any atom is 0.295 e. The smallest absolute Gasteiger partial charge is 0.295 e. The monoisotopic (exact) mass is 285 g/mol. The Morgan fingerprint density at radius 1 is 1.33 bits per heavy atom. The van der Waals surface area contributed by atoms with E-state index in [1.165, 1.54) is 12.1 Å². The molecule has 1 atom stereocenters. The van der Waals surface area contributed by atoms with E-state index in [0.717, 1.165) is 0 Å². The van der Waals surface area contributed by atoms with Crippen LogP contribution in [-0.2, 0) is 0 Å². The molecule has 0 aliphatic carbocycles. The molecule has 0 aliphatic heterocycles. The molecule has 0 fully saturated rings. The number of aliphatic hydroxyl groups is 1. The van der Waals surface area contributed by atoms with E-state index in [4.69, 9.17) is 5.53 Å². The first-order valence-electron chi connectivity index (χ1n) is 6.03. The molecule has 1 aromatic heterocycles. The van der Waals surface area contributed by atoms with Crippen molar-refractivity contribution in [2.24, 2.45) is 5.11 Å². The number of rotatable bonds is 5. The van der Waals surface area contributed by atoms with Crippen LogP contribution in [0.4, 0.5) is 5.69 Å². The van der Waals surface area contributed by atoms with Crippen molar-refractivity contribution in [3.63, 3.8) is 0 Å². The Labute approximate surface area is 119 Å². The van der Waals surface area contributed by atoms with Crippen LogP contribution in [0.25, 0.3) is 21.7 Å². The number of aromatic nitrogens is 1. The Kier molecular flexibility index (Phi) is 4.45. The standard InChI is InChI=1S/C13H11N5O3/c14-17-16-11(8-19)10-6-7-12(18(20)21)13(15-10)9-4-2-1-3-5-9/h1-7,11,19H,8H2. The third-order valence-corrected chi connectivity index (χ3v) is 2.84. The summed E-state index contributed by atoms with van der Waals surface area (Å²) in [6, 6.07) is 10.4. The van der Waals surface area contributed by atoms with Crippen molar-refractivity contribution in [3.8, 4) is 11.3 Å². The minimum atomic E-state index is -0.877. The first-order chi connectivity index (χ1) is 10.2. The van der Waals surface area contributed by atoms with Gasteiger partial charge in [0.05, 0.1) is 17.2 Å². The Morgan fingerprint density at radius 2 is 2.05 bits per heavy atom. The molecule has 1 aromatic carbocycles. The number of hydrogen-bond acceptors (Lipinski definition) is 5. The predicted octanol–water partition coefficient (Wildman–Crippen LogP) is 3.00. The van der Waals surface area contributed by atoms with Gasteiger partial charge in [-0.25, -0.2) is 4.98 Å². The first kappa shape index (κ1) is 14.4. The van der Waals surface area contributed by atoms with E-state index in [-0.39, 0.29) is 17.1 Å². The molecule has 0 saturated carbocycles. The topological polar surface area (TPSA) is 125 Å². The van der Waals surface area contributed by atoms with E-state index < -0.39 is 17.6 Å². The highest BCUT2D eigenvalue weighted by atomic mass is 16.6. The van der Waals surface area contributed by atoms with Gasteiger partial charge in [0.15, 0.2) is 0 Å². The van der Waals surface area contributed by atoms with Crippen molar-refractivity contribution >= 4 is 5.69 Å². The quantitative estimate of drug-likeness (QED) is 0.298. The van der Waals surface area contributed by atoms with Crippen LogP contribution in [0.1, 0.15) is 11.7 Å². The lowest BCUT2D eigenvalue weighted by Gasteiger charge is -2.09. The van der Waals surface area contributed by atoms with Crippen LogP contribution in [0, 0.1) is 10.1 Å². The molecular weight excluding hydrogens is 274 g/mol. The molecule has 0 radical (unpaired) electrons. The SMILES string of the molecule is [N-]=[N+]=NC(CO)c1ccc([N+](=O)[O-])c(-c2ccccc2)n1. The summed E-state index contributed by atoms with van der Waals surface area (Å²) in [5.41, 5.74) is 9.34. The highest BCUT2D eigenvalue weighted by Crippen LogP contribution is 2.30. The lowest BCUT2D eigenvalue weighted by molar-refractivity contribution is -0.384. The fourth-order valence-electron chi connectivity index (χ4n) is 1.86. The van der Waals surface area contributed by atoms with Crippen molar-refractivity contribution < 1.29 is 10.0 Å². The van der Waals surface area contributed by atoms with Gasteiger partial charge in [-0.15, -0.1) is 0 Å². The van der Waals surface area contributed by atoms with Crippen LogP contribution in [-0.4, -0.2) is 21.6 Å². The number of aliphatic hydroxyl groups excluding tert-OH is 1. The van der Waals surface area contributed by atoms with E-state index in [1.807, 2.05) is 0 Å². The van der Waals surface area contributed by atoms with Crippen LogP contribution in [0.2, 0.25) is 0 Å². The molecule has 21 heavy (non-hydrogen) atoms. The predicted molar refractivity (Wildman–Crippen MR) is 75.3 cm³/mol. The van der Waals surface area contributed by atoms with E-state index in [0.29, 0.717) is 5.56 Å². The number of pyridine rings is 1. The maximum atomic E-state index is 11.1. The van der Waals surface area contributed by atoms with Gasteiger partial charge in [0.25, 0.3) is 5.69 Å². The zero-order valence-electron chi connectivity index (χ0n) is 10.8. The molecule has 1 heterocycles. The van der Waals surface area contributed by atoms with Gasteiger partial charge in [-0.1, -0.05) is 35.4 Å². The van der Waals surface area contributed by atoms with Crippen LogP contribution in [0.15, 0.2) is 47.6 Å². The molecule has 0 bridgehead atoms. The second-order valence-corrected chi connectivity index (χ2v) is 4.13. The van der Waals surface area contributed by atoms with Gasteiger partial charge in [0.2, 0.25) is 0 Å². The van der Waals surface area contributed by atoms with Crippen LogP contribution in [0.5, 0.6) is 0 Å². The summed E-state index contributed by atoms with van der Waals surface area (Å²) >= 11 is 0. The van der Waals surface area contributed by atoms with E-state index in [1.54, 1.807) is 30.3 Å². The lowest BCUT2D eigenvalue weighted by Crippen LogP contribution is -2.05. The molecule has 106 valence electrons. The molecule has 8 heteroatoms. The fraction of sp³-hybridized carbons (Fsp3) is 0.154. The fourth-order valence-corrected chi connectivity index (χ4v) is 1.86. The second kappa shape index (κ2) is 6.47. The van der Waals surface area contributed by atoms with E-state index in [9.17, 15) is 15.2 Å². The average Bonchev–Trinajstić information content (AvgIpc) is 2.52. The van der Waals surface area contributed by atoms with Crippen LogP contribution in [0.3, 0.4) is 0 Å². The molecular formula is C13H11N5O3. The minimum Gasteiger partial charge on any atom is -0.396 e. The first-order valence-corrected chi connectivity index (χ1v) is 6.03. The Balaban J connectivity index is 2.59. The maximum absolute atomic E-state index is 11.1. The second-order valence-electron chi connectivity index (χ2n) is 4.13. The highest BCUT2D eigenvalue weighted by Gasteiger charge is 2.20. The van der Waals surface area contributed by atoms with Crippen molar-refractivity contribution in [3.05, 3.63) is 68.7 Å².